The molecule has 2 aromatic carbocycles. The van der Waals surface area contributed by atoms with Crippen LogP contribution in [-0.2, 0) is 11.2 Å². The van der Waals surface area contributed by atoms with Gasteiger partial charge in [-0.3, -0.25) is 4.79 Å². The van der Waals surface area contributed by atoms with Gasteiger partial charge >= 0.3 is 0 Å². The molecule has 0 saturated heterocycles. The van der Waals surface area contributed by atoms with E-state index in [1.807, 2.05) is 13.8 Å². The molecule has 3 rings (SSSR count). The van der Waals surface area contributed by atoms with Crippen LogP contribution in [0, 0.1) is 32.4 Å². The van der Waals surface area contributed by atoms with Crippen molar-refractivity contribution in [1.29, 1.82) is 0 Å². The summed E-state index contributed by atoms with van der Waals surface area (Å²) in [6.45, 7) is 5.74. The zero-order valence-electron chi connectivity index (χ0n) is 15.6. The number of carbonyl (C=O) groups excluding carboxylic acids is 1. The van der Waals surface area contributed by atoms with Crippen molar-refractivity contribution >= 4 is 16.8 Å². The molecule has 0 aliphatic rings. The van der Waals surface area contributed by atoms with Gasteiger partial charge in [0.05, 0.1) is 5.52 Å². The van der Waals surface area contributed by atoms with E-state index in [4.69, 9.17) is 4.74 Å². The number of carbonyl (C=O) groups is 1. The van der Waals surface area contributed by atoms with Gasteiger partial charge < -0.3 is 15.0 Å². The number of aromatic amines is 1. The number of hydrogen-bond acceptors (Lipinski definition) is 2. The van der Waals surface area contributed by atoms with Crippen molar-refractivity contribution in [3.05, 3.63) is 64.4 Å². The largest absolute Gasteiger partial charge is 0.484 e. The van der Waals surface area contributed by atoms with Crippen molar-refractivity contribution in [3.63, 3.8) is 0 Å². The fourth-order valence-electron chi connectivity index (χ4n) is 3.19. The van der Waals surface area contributed by atoms with Crippen LogP contribution in [0.3, 0.4) is 0 Å². The van der Waals surface area contributed by atoms with Gasteiger partial charge in [0.15, 0.2) is 6.61 Å². The van der Waals surface area contributed by atoms with Crippen LogP contribution in [0.2, 0.25) is 0 Å². The van der Waals surface area contributed by atoms with Crippen LogP contribution in [0.1, 0.15) is 22.4 Å². The zero-order valence-corrected chi connectivity index (χ0v) is 15.6. The molecule has 0 atom stereocenters. The second-order valence-electron chi connectivity index (χ2n) is 6.64. The molecule has 0 aliphatic heterocycles. The Morgan fingerprint density at radius 2 is 1.81 bits per heavy atom. The van der Waals surface area contributed by atoms with Crippen molar-refractivity contribution < 1.29 is 18.3 Å². The minimum atomic E-state index is -0.312. The Kier molecular flexibility index (Phi) is 5.44. The molecule has 6 heteroatoms. The van der Waals surface area contributed by atoms with Crippen molar-refractivity contribution in [2.45, 2.75) is 27.2 Å². The summed E-state index contributed by atoms with van der Waals surface area (Å²) in [4.78, 5) is 15.1. The quantitative estimate of drug-likeness (QED) is 0.684. The predicted octanol–water partition coefficient (Wildman–Crippen LogP) is 4.11. The second-order valence-corrected chi connectivity index (χ2v) is 6.64. The van der Waals surface area contributed by atoms with Crippen LogP contribution in [0.5, 0.6) is 5.75 Å². The molecule has 0 radical (unpaired) electrons. The number of amides is 1. The van der Waals surface area contributed by atoms with Crippen LogP contribution >= 0.6 is 0 Å². The van der Waals surface area contributed by atoms with E-state index in [1.54, 1.807) is 19.1 Å². The summed E-state index contributed by atoms with van der Waals surface area (Å²) in [6.07, 6.45) is 0.581. The molecule has 0 unspecified atom stereocenters. The molecule has 4 nitrogen and oxygen atoms in total. The summed E-state index contributed by atoms with van der Waals surface area (Å²) in [7, 11) is 0. The van der Waals surface area contributed by atoms with Gasteiger partial charge in [0.2, 0.25) is 0 Å². The topological polar surface area (TPSA) is 54.1 Å². The van der Waals surface area contributed by atoms with E-state index in [1.165, 1.54) is 18.2 Å². The summed E-state index contributed by atoms with van der Waals surface area (Å²) < 4.78 is 32.6. The Balaban J connectivity index is 1.57. The molecule has 0 fully saturated rings. The van der Waals surface area contributed by atoms with Gasteiger partial charge in [-0.2, -0.15) is 0 Å². The standard InChI is InChI=1S/C21H22F2N2O2/c1-12-4-6-18(23)21-20(12)16(14(3)25-21)8-9-24-19(26)11-27-15-5-7-17(22)13(2)10-15/h4-7,10,25H,8-9,11H2,1-3H3,(H,24,26). The smallest absolute Gasteiger partial charge is 0.257 e. The van der Waals surface area contributed by atoms with Crippen LogP contribution in [0.4, 0.5) is 8.78 Å². The van der Waals surface area contributed by atoms with E-state index in [0.29, 0.717) is 29.8 Å². The lowest BCUT2D eigenvalue weighted by Gasteiger charge is -2.09. The number of ether oxygens (including phenoxy) is 1. The molecule has 3 aromatic rings. The first-order valence-electron chi connectivity index (χ1n) is 8.78. The van der Waals surface area contributed by atoms with Crippen LogP contribution in [0.15, 0.2) is 30.3 Å². The fourth-order valence-corrected chi connectivity index (χ4v) is 3.19. The minimum Gasteiger partial charge on any atom is -0.484 e. The molecule has 0 saturated carbocycles. The summed E-state index contributed by atoms with van der Waals surface area (Å²) in [5, 5.41) is 3.67. The second kappa shape index (κ2) is 7.78. The van der Waals surface area contributed by atoms with Crippen molar-refractivity contribution in [1.82, 2.24) is 10.3 Å². The fraction of sp³-hybridized carbons (Fsp3) is 0.286. The maximum absolute atomic E-state index is 14.0. The van der Waals surface area contributed by atoms with Crippen LogP contribution in [-0.4, -0.2) is 24.0 Å². The Labute approximate surface area is 156 Å². The minimum absolute atomic E-state index is 0.147. The van der Waals surface area contributed by atoms with E-state index >= 15 is 0 Å². The normalized spacial score (nSPS) is 11.0. The molecule has 1 aromatic heterocycles. The van der Waals surface area contributed by atoms with Crippen molar-refractivity contribution in [3.8, 4) is 5.75 Å². The molecule has 142 valence electrons. The van der Waals surface area contributed by atoms with Crippen molar-refractivity contribution in [2.24, 2.45) is 0 Å². The first-order chi connectivity index (χ1) is 12.9. The highest BCUT2D eigenvalue weighted by molar-refractivity contribution is 5.88. The van der Waals surface area contributed by atoms with Gasteiger partial charge in [-0.1, -0.05) is 6.07 Å². The molecule has 1 amide bonds. The lowest BCUT2D eigenvalue weighted by molar-refractivity contribution is -0.123. The Bertz CT molecular complexity index is 996. The third kappa shape index (κ3) is 4.10. The summed E-state index contributed by atoms with van der Waals surface area (Å²) >= 11 is 0. The summed E-state index contributed by atoms with van der Waals surface area (Å²) in [6, 6.07) is 7.56. The molecule has 0 bridgehead atoms. The summed E-state index contributed by atoms with van der Waals surface area (Å²) in [5.41, 5.74) is 3.85. The molecular formula is C21H22F2N2O2. The molecule has 0 spiro atoms. The third-order valence-electron chi connectivity index (χ3n) is 4.63. The average molecular weight is 372 g/mol. The Morgan fingerprint density at radius 3 is 2.56 bits per heavy atom. The van der Waals surface area contributed by atoms with E-state index in [0.717, 1.165) is 22.2 Å². The molecule has 1 heterocycles. The third-order valence-corrected chi connectivity index (χ3v) is 4.63. The maximum atomic E-state index is 14.0. The number of fused-ring (bicyclic) bond motifs is 1. The number of aryl methyl sites for hydroxylation is 3. The lowest BCUT2D eigenvalue weighted by atomic mass is 10.0. The number of aromatic nitrogens is 1. The number of rotatable bonds is 6. The van der Waals surface area contributed by atoms with Gasteiger partial charge in [-0.25, -0.2) is 8.78 Å². The lowest BCUT2D eigenvalue weighted by Crippen LogP contribution is -2.30. The average Bonchev–Trinajstić information content (AvgIpc) is 2.97. The van der Waals surface area contributed by atoms with Crippen LogP contribution < -0.4 is 10.1 Å². The Morgan fingerprint density at radius 1 is 1.07 bits per heavy atom. The molecule has 27 heavy (non-hydrogen) atoms. The zero-order chi connectivity index (χ0) is 19.6. The van der Waals surface area contributed by atoms with E-state index < -0.39 is 0 Å². The number of hydrogen-bond donors (Lipinski definition) is 2. The van der Waals surface area contributed by atoms with Gasteiger partial charge in [-0.15, -0.1) is 0 Å². The van der Waals surface area contributed by atoms with Gasteiger partial charge in [-0.05, 0) is 68.1 Å². The van der Waals surface area contributed by atoms with Gasteiger partial charge in [0, 0.05) is 17.6 Å². The number of halogens is 2. The highest BCUT2D eigenvalue weighted by Crippen LogP contribution is 2.27. The van der Waals surface area contributed by atoms with E-state index in [2.05, 4.69) is 10.3 Å². The summed E-state index contributed by atoms with van der Waals surface area (Å²) in [5.74, 6) is -0.412. The number of nitrogens with one attached hydrogen (secondary N) is 2. The maximum Gasteiger partial charge on any atom is 0.257 e. The molecule has 0 aliphatic carbocycles. The Hall–Kier alpha value is -2.89. The van der Waals surface area contributed by atoms with E-state index in [-0.39, 0.29) is 24.1 Å². The van der Waals surface area contributed by atoms with Gasteiger partial charge in [0.1, 0.15) is 17.4 Å². The highest BCUT2D eigenvalue weighted by Gasteiger charge is 2.14. The molecular weight excluding hydrogens is 350 g/mol. The van der Waals surface area contributed by atoms with Gasteiger partial charge in [0.25, 0.3) is 5.91 Å². The van der Waals surface area contributed by atoms with E-state index in [9.17, 15) is 13.6 Å². The van der Waals surface area contributed by atoms with Crippen LogP contribution in [0.25, 0.3) is 10.9 Å². The SMILES string of the molecule is Cc1cc(OCC(=O)NCCc2c(C)[nH]c3c(F)ccc(C)c23)ccc1F. The first-order valence-corrected chi connectivity index (χ1v) is 8.78. The first kappa shape index (κ1) is 18.9. The molecule has 2 N–H and O–H groups in total. The number of benzene rings is 2. The predicted molar refractivity (Wildman–Crippen MR) is 101 cm³/mol. The highest BCUT2D eigenvalue weighted by atomic mass is 19.1. The van der Waals surface area contributed by atoms with Crippen molar-refractivity contribution in [2.75, 3.05) is 13.2 Å². The number of H-pyrrole nitrogens is 1. The monoisotopic (exact) mass is 372 g/mol.